The van der Waals surface area contributed by atoms with E-state index in [0.717, 1.165) is 38.3 Å². The molecule has 2 aromatic heterocycles. The van der Waals surface area contributed by atoms with E-state index in [1.54, 1.807) is 36.7 Å². The number of hydrogen-bond acceptors (Lipinski definition) is 5. The van der Waals surface area contributed by atoms with Gasteiger partial charge in [0.15, 0.2) is 0 Å². The van der Waals surface area contributed by atoms with Crippen molar-refractivity contribution >= 4 is 51.6 Å². The number of H-pyrrole nitrogens is 1. The number of hydrogen-bond donors (Lipinski definition) is 3. The van der Waals surface area contributed by atoms with Crippen LogP contribution >= 0.6 is 23.2 Å². The maximum Gasteiger partial charge on any atom is 0.323 e. The lowest BCUT2D eigenvalue weighted by molar-refractivity contribution is 0.148. The summed E-state index contributed by atoms with van der Waals surface area (Å²) in [4.78, 5) is 24.3. The Bertz CT molecular complexity index is 1440. The predicted octanol–water partition coefficient (Wildman–Crippen LogP) is 6.19. The Hall–Kier alpha value is -3.37. The molecule has 2 aromatic carbocycles. The highest BCUT2D eigenvalue weighted by atomic mass is 35.5. The summed E-state index contributed by atoms with van der Waals surface area (Å²) < 4.78 is 20.6. The monoisotopic (exact) mass is 542 g/mol. The van der Waals surface area contributed by atoms with Crippen LogP contribution in [-0.2, 0) is 6.54 Å². The molecule has 0 aliphatic carbocycles. The molecule has 1 fully saturated rings. The maximum atomic E-state index is 14.8. The van der Waals surface area contributed by atoms with Gasteiger partial charge in [0.25, 0.3) is 0 Å². The largest absolute Gasteiger partial charge is 0.456 e. The first-order chi connectivity index (χ1) is 17.9. The van der Waals surface area contributed by atoms with Gasteiger partial charge in [-0.05, 0) is 42.9 Å². The molecule has 3 N–H and O–H groups in total. The fraction of sp³-hybridized carbons (Fsp3) is 0.231. The maximum absolute atomic E-state index is 14.8. The molecule has 0 atom stereocenters. The summed E-state index contributed by atoms with van der Waals surface area (Å²) in [6, 6.07) is 10.6. The smallest absolute Gasteiger partial charge is 0.323 e. The van der Waals surface area contributed by atoms with Crippen molar-refractivity contribution in [2.45, 2.75) is 6.54 Å². The summed E-state index contributed by atoms with van der Waals surface area (Å²) in [5.74, 6) is 0.0247. The summed E-state index contributed by atoms with van der Waals surface area (Å²) in [6.07, 6.45) is 3.17. The molecular formula is C26H25Cl2FN6O2. The molecule has 5 rings (SSSR count). The van der Waals surface area contributed by atoms with E-state index < -0.39 is 11.8 Å². The summed E-state index contributed by atoms with van der Waals surface area (Å²) in [5, 5.41) is 6.82. The third-order valence-electron chi connectivity index (χ3n) is 6.20. The molecular weight excluding hydrogens is 518 g/mol. The number of carbonyl (C=O) groups excluding carboxylic acids is 1. The number of aromatic amines is 1. The van der Waals surface area contributed by atoms with Crippen molar-refractivity contribution in [3.63, 3.8) is 0 Å². The lowest BCUT2D eigenvalue weighted by Crippen LogP contribution is -2.43. The van der Waals surface area contributed by atoms with E-state index in [4.69, 9.17) is 27.9 Å². The van der Waals surface area contributed by atoms with Crippen LogP contribution in [0.4, 0.5) is 20.6 Å². The van der Waals surface area contributed by atoms with E-state index >= 15 is 0 Å². The van der Waals surface area contributed by atoms with E-state index in [-0.39, 0.29) is 11.4 Å². The third-order valence-corrected chi connectivity index (χ3v) is 6.85. The fourth-order valence-corrected chi connectivity index (χ4v) is 4.62. The Balaban J connectivity index is 1.20. The molecule has 3 heterocycles. The molecule has 0 bridgehead atoms. The molecule has 0 saturated carbocycles. The van der Waals surface area contributed by atoms with Gasteiger partial charge in [-0.15, -0.1) is 0 Å². The van der Waals surface area contributed by atoms with Crippen LogP contribution in [-0.4, -0.2) is 59.0 Å². The third kappa shape index (κ3) is 5.97. The highest BCUT2D eigenvalue weighted by Crippen LogP contribution is 2.34. The molecule has 1 saturated heterocycles. The number of carbonyl (C=O) groups is 1. The Morgan fingerprint density at radius 1 is 1.08 bits per heavy atom. The van der Waals surface area contributed by atoms with Gasteiger partial charge in [0.1, 0.15) is 23.0 Å². The number of pyridine rings is 1. The van der Waals surface area contributed by atoms with Crippen molar-refractivity contribution in [3.8, 4) is 11.5 Å². The standard InChI is InChI=1S/C26H25Cl2FN6O2/c1-34-8-10-35(11-9-34)15-16-2-3-17(12-19(16)27)32-26(36)33-22-5-4-18(13-21(22)29)37-23-6-7-30-25-24(23)20(28)14-31-25/h2-7,12-14H,8-11,15H2,1H3,(H,30,31)(H2,32,33,36). The minimum atomic E-state index is -0.654. The number of anilines is 2. The van der Waals surface area contributed by atoms with Crippen LogP contribution < -0.4 is 15.4 Å². The number of amides is 2. The Kier molecular flexibility index (Phi) is 7.48. The molecule has 11 heteroatoms. The van der Waals surface area contributed by atoms with Gasteiger partial charge in [0.2, 0.25) is 0 Å². The number of halogens is 3. The molecule has 1 aliphatic rings. The van der Waals surface area contributed by atoms with Gasteiger partial charge < -0.3 is 25.3 Å². The number of nitrogens with one attached hydrogen (secondary N) is 3. The average molecular weight is 543 g/mol. The number of rotatable bonds is 6. The topological polar surface area (TPSA) is 85.5 Å². The summed E-state index contributed by atoms with van der Waals surface area (Å²) in [6.45, 7) is 4.76. The van der Waals surface area contributed by atoms with Crippen molar-refractivity contribution in [2.24, 2.45) is 0 Å². The van der Waals surface area contributed by atoms with Crippen molar-refractivity contribution in [1.29, 1.82) is 0 Å². The van der Waals surface area contributed by atoms with Gasteiger partial charge >= 0.3 is 6.03 Å². The van der Waals surface area contributed by atoms with E-state index in [1.807, 2.05) is 6.07 Å². The van der Waals surface area contributed by atoms with Crippen molar-refractivity contribution < 1.29 is 13.9 Å². The molecule has 37 heavy (non-hydrogen) atoms. The molecule has 1 aliphatic heterocycles. The van der Waals surface area contributed by atoms with E-state index in [2.05, 4.69) is 37.4 Å². The second-order valence-electron chi connectivity index (χ2n) is 8.88. The van der Waals surface area contributed by atoms with Crippen LogP contribution in [0, 0.1) is 5.82 Å². The molecule has 4 aromatic rings. The number of benzene rings is 2. The SMILES string of the molecule is CN1CCN(Cc2ccc(NC(=O)Nc3ccc(Oc4ccnc5[nH]cc(Cl)c45)cc3F)cc2Cl)CC1. The zero-order chi connectivity index (χ0) is 25.9. The van der Waals surface area contributed by atoms with Crippen LogP contribution in [0.2, 0.25) is 10.0 Å². The lowest BCUT2D eigenvalue weighted by atomic mass is 10.1. The second-order valence-corrected chi connectivity index (χ2v) is 9.69. The summed E-state index contributed by atoms with van der Waals surface area (Å²) in [7, 11) is 2.11. The quantitative estimate of drug-likeness (QED) is 0.270. The molecule has 8 nitrogen and oxygen atoms in total. The van der Waals surface area contributed by atoms with Gasteiger partial charge in [-0.25, -0.2) is 14.2 Å². The second kappa shape index (κ2) is 10.9. The molecule has 0 unspecified atom stereocenters. The molecule has 2 amide bonds. The molecule has 0 spiro atoms. The van der Waals surface area contributed by atoms with Crippen LogP contribution in [0.5, 0.6) is 11.5 Å². The van der Waals surface area contributed by atoms with Crippen molar-refractivity contribution in [2.75, 3.05) is 43.9 Å². The predicted molar refractivity (Wildman–Crippen MR) is 144 cm³/mol. The Morgan fingerprint density at radius 2 is 1.89 bits per heavy atom. The minimum absolute atomic E-state index is 0.00202. The molecule has 192 valence electrons. The zero-order valence-electron chi connectivity index (χ0n) is 20.0. The highest BCUT2D eigenvalue weighted by Gasteiger charge is 2.16. The first-order valence-electron chi connectivity index (χ1n) is 11.7. The Morgan fingerprint density at radius 3 is 2.65 bits per heavy atom. The van der Waals surface area contributed by atoms with Gasteiger partial charge in [0, 0.05) is 61.9 Å². The number of nitrogens with zero attached hydrogens (tertiary/aromatic N) is 3. The van der Waals surface area contributed by atoms with Gasteiger partial charge in [-0.2, -0.15) is 0 Å². The first kappa shape index (κ1) is 25.3. The van der Waals surface area contributed by atoms with Crippen LogP contribution in [0.3, 0.4) is 0 Å². The summed E-state index contributed by atoms with van der Waals surface area (Å²) in [5.41, 5.74) is 2.06. The number of aromatic nitrogens is 2. The molecule has 0 radical (unpaired) electrons. The number of ether oxygens (including phenoxy) is 1. The highest BCUT2D eigenvalue weighted by molar-refractivity contribution is 6.36. The number of likely N-dealkylation sites (N-methyl/N-ethyl adjacent to an activating group) is 1. The fourth-order valence-electron chi connectivity index (χ4n) is 4.15. The van der Waals surface area contributed by atoms with Crippen molar-refractivity contribution in [3.05, 3.63) is 76.3 Å². The average Bonchev–Trinajstić information content (AvgIpc) is 3.25. The van der Waals surface area contributed by atoms with Gasteiger partial charge in [0.05, 0.1) is 16.1 Å². The number of fused-ring (bicyclic) bond motifs is 1. The normalized spacial score (nSPS) is 14.6. The minimum Gasteiger partial charge on any atom is -0.456 e. The van der Waals surface area contributed by atoms with E-state index in [9.17, 15) is 9.18 Å². The van der Waals surface area contributed by atoms with Crippen LogP contribution in [0.1, 0.15) is 5.56 Å². The number of urea groups is 1. The number of piperazine rings is 1. The van der Waals surface area contributed by atoms with E-state index in [1.165, 1.54) is 12.1 Å². The Labute approximate surface area is 223 Å². The van der Waals surface area contributed by atoms with Crippen LogP contribution in [0.25, 0.3) is 11.0 Å². The van der Waals surface area contributed by atoms with E-state index in [0.29, 0.717) is 32.5 Å². The van der Waals surface area contributed by atoms with Crippen molar-refractivity contribution in [1.82, 2.24) is 19.8 Å². The zero-order valence-corrected chi connectivity index (χ0v) is 21.5. The van der Waals surface area contributed by atoms with Crippen LogP contribution in [0.15, 0.2) is 54.9 Å². The summed E-state index contributed by atoms with van der Waals surface area (Å²) >= 11 is 12.7. The lowest BCUT2D eigenvalue weighted by Gasteiger charge is -2.32. The van der Waals surface area contributed by atoms with Gasteiger partial charge in [-0.1, -0.05) is 29.3 Å². The first-order valence-corrected chi connectivity index (χ1v) is 12.5. The van der Waals surface area contributed by atoms with Gasteiger partial charge in [-0.3, -0.25) is 4.90 Å².